The number of hydrogen-bond acceptors (Lipinski definition) is 2. The molecule has 1 N–H and O–H groups in total. The molecule has 0 aliphatic carbocycles. The van der Waals surface area contributed by atoms with Gasteiger partial charge in [-0.15, -0.1) is 0 Å². The van der Waals surface area contributed by atoms with Gasteiger partial charge in [0.05, 0.1) is 23.9 Å². The summed E-state index contributed by atoms with van der Waals surface area (Å²) in [5, 5.41) is 4.69. The molecule has 2 nitrogen and oxygen atoms in total. The molecule has 0 bridgehead atoms. The summed E-state index contributed by atoms with van der Waals surface area (Å²) in [6, 6.07) is 5.42. The summed E-state index contributed by atoms with van der Waals surface area (Å²) >= 11 is 11.9. The molecule has 0 aromatic heterocycles. The van der Waals surface area contributed by atoms with Gasteiger partial charge >= 0.3 is 0 Å². The van der Waals surface area contributed by atoms with Crippen LogP contribution in [0.15, 0.2) is 18.2 Å². The Kier molecular flexibility index (Phi) is 3.10. The van der Waals surface area contributed by atoms with Gasteiger partial charge in [0, 0.05) is 17.0 Å². The maximum absolute atomic E-state index is 6.03. The zero-order valence-corrected chi connectivity index (χ0v) is 10.0. The Hall–Kier alpha value is -0.440. The predicted molar refractivity (Wildman–Crippen MR) is 63.9 cm³/mol. The second-order valence-corrected chi connectivity index (χ2v) is 5.12. The molecule has 0 spiro atoms. The molecule has 0 atom stereocenters. The molecule has 1 aromatic rings. The van der Waals surface area contributed by atoms with Crippen LogP contribution in [0.1, 0.15) is 6.92 Å². The molecule has 0 radical (unpaired) electrons. The van der Waals surface area contributed by atoms with Gasteiger partial charge in [0.1, 0.15) is 0 Å². The fourth-order valence-corrected chi connectivity index (χ4v) is 1.85. The molecule has 2 rings (SSSR count). The third kappa shape index (κ3) is 2.57. The lowest BCUT2D eigenvalue weighted by atomic mass is 9.89. The predicted octanol–water partition coefficient (Wildman–Crippen LogP) is 3.44. The van der Waals surface area contributed by atoms with E-state index in [0.717, 1.165) is 25.4 Å². The monoisotopic (exact) mass is 245 g/mol. The van der Waals surface area contributed by atoms with Crippen molar-refractivity contribution >= 4 is 28.9 Å². The van der Waals surface area contributed by atoms with Crippen LogP contribution in [-0.4, -0.2) is 19.8 Å². The van der Waals surface area contributed by atoms with Gasteiger partial charge in [-0.3, -0.25) is 0 Å². The van der Waals surface area contributed by atoms with E-state index in [2.05, 4.69) is 12.2 Å². The third-order valence-corrected chi connectivity index (χ3v) is 3.10. The number of nitrogens with one attached hydrogen (secondary N) is 1. The molecular weight excluding hydrogens is 233 g/mol. The number of hydrogen-bond donors (Lipinski definition) is 1. The van der Waals surface area contributed by atoms with Gasteiger partial charge in [0.25, 0.3) is 0 Å². The zero-order chi connectivity index (χ0) is 10.9. The highest BCUT2D eigenvalue weighted by Crippen LogP contribution is 2.30. The molecule has 0 saturated carbocycles. The summed E-state index contributed by atoms with van der Waals surface area (Å²) in [4.78, 5) is 0. The highest BCUT2D eigenvalue weighted by atomic mass is 35.5. The van der Waals surface area contributed by atoms with Crippen molar-refractivity contribution in [3.05, 3.63) is 28.2 Å². The summed E-state index contributed by atoms with van der Waals surface area (Å²) in [6.07, 6.45) is 0. The van der Waals surface area contributed by atoms with Crippen molar-refractivity contribution in [2.24, 2.45) is 5.41 Å². The van der Waals surface area contributed by atoms with E-state index in [0.29, 0.717) is 10.0 Å². The lowest BCUT2D eigenvalue weighted by Crippen LogP contribution is -2.45. The van der Waals surface area contributed by atoms with Gasteiger partial charge in [0.2, 0.25) is 0 Å². The van der Waals surface area contributed by atoms with E-state index in [4.69, 9.17) is 27.9 Å². The molecule has 82 valence electrons. The first-order valence-electron chi connectivity index (χ1n) is 4.86. The smallest absolute Gasteiger partial charge is 0.0638 e. The largest absolute Gasteiger partial charge is 0.383 e. The molecular formula is C11H13Cl2NO. The van der Waals surface area contributed by atoms with Crippen LogP contribution in [0.3, 0.4) is 0 Å². The normalized spacial score (nSPS) is 18.3. The van der Waals surface area contributed by atoms with E-state index < -0.39 is 0 Å². The van der Waals surface area contributed by atoms with Crippen LogP contribution in [-0.2, 0) is 4.74 Å². The molecule has 1 fully saturated rings. The summed E-state index contributed by atoms with van der Waals surface area (Å²) < 4.78 is 5.18. The molecule has 1 heterocycles. The Balaban J connectivity index is 2.01. The van der Waals surface area contributed by atoms with Crippen molar-refractivity contribution in [1.29, 1.82) is 0 Å². The summed E-state index contributed by atoms with van der Waals surface area (Å²) in [7, 11) is 0. The van der Waals surface area contributed by atoms with Gasteiger partial charge in [-0.2, -0.15) is 0 Å². The van der Waals surface area contributed by atoms with Gasteiger partial charge in [-0.05, 0) is 18.2 Å². The Labute approximate surface area is 99.5 Å². The lowest BCUT2D eigenvalue weighted by molar-refractivity contribution is -0.0924. The van der Waals surface area contributed by atoms with E-state index in [9.17, 15) is 0 Å². The van der Waals surface area contributed by atoms with Crippen molar-refractivity contribution in [2.75, 3.05) is 25.1 Å². The standard InChI is InChI=1S/C11H13Cl2NO/c1-11(6-15-7-11)5-14-10-4-8(12)2-3-9(10)13/h2-4,14H,5-7H2,1H3. The highest BCUT2D eigenvalue weighted by molar-refractivity contribution is 6.35. The van der Waals surface area contributed by atoms with Crippen molar-refractivity contribution in [3.8, 4) is 0 Å². The summed E-state index contributed by atoms with van der Waals surface area (Å²) in [5.74, 6) is 0. The Morgan fingerprint density at radius 3 is 2.73 bits per heavy atom. The fourth-order valence-electron chi connectivity index (χ4n) is 1.49. The van der Waals surface area contributed by atoms with E-state index in [1.165, 1.54) is 0 Å². The van der Waals surface area contributed by atoms with Crippen LogP contribution in [0.4, 0.5) is 5.69 Å². The summed E-state index contributed by atoms with van der Waals surface area (Å²) in [5.41, 5.74) is 1.11. The number of benzene rings is 1. The topological polar surface area (TPSA) is 21.3 Å². The first kappa shape index (κ1) is 11.1. The fraction of sp³-hybridized carbons (Fsp3) is 0.455. The number of ether oxygens (including phenoxy) is 1. The van der Waals surface area contributed by atoms with Gasteiger partial charge in [-0.25, -0.2) is 0 Å². The Bertz CT molecular complexity index is 364. The third-order valence-electron chi connectivity index (χ3n) is 2.54. The molecule has 4 heteroatoms. The average molecular weight is 246 g/mol. The van der Waals surface area contributed by atoms with Crippen molar-refractivity contribution in [1.82, 2.24) is 0 Å². The van der Waals surface area contributed by atoms with E-state index in [-0.39, 0.29) is 5.41 Å². The second-order valence-electron chi connectivity index (χ2n) is 4.28. The van der Waals surface area contributed by atoms with Crippen LogP contribution in [0.25, 0.3) is 0 Å². The van der Waals surface area contributed by atoms with Crippen LogP contribution in [0.2, 0.25) is 10.0 Å². The quantitative estimate of drug-likeness (QED) is 0.881. The van der Waals surface area contributed by atoms with Crippen molar-refractivity contribution in [2.45, 2.75) is 6.92 Å². The van der Waals surface area contributed by atoms with Crippen LogP contribution in [0.5, 0.6) is 0 Å². The minimum Gasteiger partial charge on any atom is -0.383 e. The van der Waals surface area contributed by atoms with E-state index >= 15 is 0 Å². The maximum atomic E-state index is 6.03. The lowest BCUT2D eigenvalue weighted by Gasteiger charge is -2.38. The molecule has 15 heavy (non-hydrogen) atoms. The van der Waals surface area contributed by atoms with Crippen LogP contribution >= 0.6 is 23.2 Å². The maximum Gasteiger partial charge on any atom is 0.0638 e. The first-order valence-corrected chi connectivity index (χ1v) is 5.61. The second kappa shape index (κ2) is 4.20. The number of rotatable bonds is 3. The molecule has 0 unspecified atom stereocenters. The van der Waals surface area contributed by atoms with Gasteiger partial charge in [-0.1, -0.05) is 30.1 Å². The minimum atomic E-state index is 0.228. The minimum absolute atomic E-state index is 0.228. The molecule has 1 aliphatic heterocycles. The Morgan fingerprint density at radius 2 is 2.13 bits per heavy atom. The number of halogens is 2. The van der Waals surface area contributed by atoms with E-state index in [1.807, 2.05) is 6.07 Å². The molecule has 1 saturated heterocycles. The van der Waals surface area contributed by atoms with Crippen molar-refractivity contribution < 1.29 is 4.74 Å². The molecule has 1 aliphatic rings. The summed E-state index contributed by atoms with van der Waals surface area (Å²) in [6.45, 7) is 4.64. The molecule has 1 aromatic carbocycles. The van der Waals surface area contributed by atoms with Crippen LogP contribution in [0, 0.1) is 5.41 Å². The van der Waals surface area contributed by atoms with Crippen molar-refractivity contribution in [3.63, 3.8) is 0 Å². The number of anilines is 1. The Morgan fingerprint density at radius 1 is 1.40 bits per heavy atom. The average Bonchev–Trinajstić information content (AvgIpc) is 2.17. The van der Waals surface area contributed by atoms with Crippen LogP contribution < -0.4 is 5.32 Å². The van der Waals surface area contributed by atoms with E-state index in [1.54, 1.807) is 12.1 Å². The zero-order valence-electron chi connectivity index (χ0n) is 8.52. The van der Waals surface area contributed by atoms with Gasteiger partial charge in [0.15, 0.2) is 0 Å². The SMILES string of the molecule is CC1(CNc2cc(Cl)ccc2Cl)COC1. The highest BCUT2D eigenvalue weighted by Gasteiger charge is 2.33. The molecule has 0 amide bonds. The first-order chi connectivity index (χ1) is 7.09. The van der Waals surface area contributed by atoms with Gasteiger partial charge < -0.3 is 10.1 Å².